The number of nitrogens with one attached hydrogen (secondary N) is 2. The maximum absolute atomic E-state index is 11.5. The summed E-state index contributed by atoms with van der Waals surface area (Å²) in [7, 11) is 1.80. The minimum atomic E-state index is 0. The monoisotopic (exact) mass is 216 g/mol. The van der Waals surface area contributed by atoms with Crippen LogP contribution in [0.1, 0.15) is 0 Å². The van der Waals surface area contributed by atoms with E-state index in [2.05, 4.69) is 15.7 Å². The largest absolute Gasteiger partial charge is 0.315 e. The maximum Gasteiger partial charge on any atom is 0.231 e. The first-order chi connectivity index (χ1) is 6.27. The van der Waals surface area contributed by atoms with Gasteiger partial charge in [0.05, 0.1) is 12.1 Å². The molecule has 0 aliphatic carbocycles. The number of nitrogens with zero attached hydrogens (tertiary/aromatic N) is 2. The van der Waals surface area contributed by atoms with Gasteiger partial charge < -0.3 is 10.6 Å². The molecular formula is C8H13ClN4O. The van der Waals surface area contributed by atoms with Gasteiger partial charge >= 0.3 is 0 Å². The van der Waals surface area contributed by atoms with Crippen LogP contribution in [0.3, 0.4) is 0 Å². The van der Waals surface area contributed by atoms with Crippen molar-refractivity contribution in [1.82, 2.24) is 15.1 Å². The third kappa shape index (κ3) is 2.05. The van der Waals surface area contributed by atoms with Gasteiger partial charge in [-0.2, -0.15) is 5.10 Å². The number of anilines is 1. The van der Waals surface area contributed by atoms with Crippen LogP contribution < -0.4 is 10.6 Å². The number of aromatic nitrogens is 2. The van der Waals surface area contributed by atoms with Gasteiger partial charge in [0.2, 0.25) is 5.91 Å². The second kappa shape index (κ2) is 4.43. The molecule has 1 fully saturated rings. The summed E-state index contributed by atoms with van der Waals surface area (Å²) in [6.07, 6.45) is 1.66. The molecule has 1 aromatic rings. The van der Waals surface area contributed by atoms with Crippen molar-refractivity contribution in [1.29, 1.82) is 0 Å². The zero-order valence-electron chi connectivity index (χ0n) is 7.86. The summed E-state index contributed by atoms with van der Waals surface area (Å²) in [5, 5.41) is 9.83. The molecule has 1 saturated heterocycles. The molecule has 6 heteroatoms. The van der Waals surface area contributed by atoms with E-state index in [-0.39, 0.29) is 24.2 Å². The van der Waals surface area contributed by atoms with Crippen molar-refractivity contribution < 1.29 is 4.79 Å². The van der Waals surface area contributed by atoms with Gasteiger partial charge in [0.1, 0.15) is 5.82 Å². The summed E-state index contributed by atoms with van der Waals surface area (Å²) >= 11 is 0. The van der Waals surface area contributed by atoms with Gasteiger partial charge in [-0.15, -0.1) is 12.4 Å². The summed E-state index contributed by atoms with van der Waals surface area (Å²) in [6.45, 7) is 1.56. The van der Waals surface area contributed by atoms with E-state index in [0.717, 1.165) is 18.9 Å². The molecule has 0 aromatic carbocycles. The Morgan fingerprint density at radius 2 is 2.43 bits per heavy atom. The maximum atomic E-state index is 11.5. The van der Waals surface area contributed by atoms with Gasteiger partial charge in [-0.1, -0.05) is 0 Å². The summed E-state index contributed by atoms with van der Waals surface area (Å²) in [5.41, 5.74) is 0. The number of rotatable bonds is 2. The average molecular weight is 217 g/mol. The van der Waals surface area contributed by atoms with E-state index in [9.17, 15) is 4.79 Å². The van der Waals surface area contributed by atoms with Gasteiger partial charge in [0, 0.05) is 26.2 Å². The normalized spacial score (nSPS) is 15.5. The Bertz CT molecular complexity index is 321. The number of aryl methyl sites for hydroxylation is 1. The zero-order chi connectivity index (χ0) is 9.26. The van der Waals surface area contributed by atoms with E-state index in [0.29, 0.717) is 0 Å². The first-order valence-electron chi connectivity index (χ1n) is 4.27. The van der Waals surface area contributed by atoms with E-state index in [1.165, 1.54) is 0 Å². The van der Waals surface area contributed by atoms with Crippen LogP contribution in [0.5, 0.6) is 0 Å². The SMILES string of the molecule is Cl.Cn1nccc1NC(=O)C1CNC1. The van der Waals surface area contributed by atoms with Crippen molar-refractivity contribution in [2.45, 2.75) is 0 Å². The van der Waals surface area contributed by atoms with Crippen LogP contribution in [-0.4, -0.2) is 28.8 Å². The first kappa shape index (κ1) is 11.0. The highest BCUT2D eigenvalue weighted by atomic mass is 35.5. The van der Waals surface area contributed by atoms with Gasteiger partial charge in [-0.05, 0) is 0 Å². The predicted molar refractivity (Wildman–Crippen MR) is 55.4 cm³/mol. The molecule has 0 atom stereocenters. The Hall–Kier alpha value is -1.07. The lowest BCUT2D eigenvalue weighted by Crippen LogP contribution is -2.48. The van der Waals surface area contributed by atoms with Crippen LogP contribution in [-0.2, 0) is 11.8 Å². The molecule has 5 nitrogen and oxygen atoms in total. The van der Waals surface area contributed by atoms with E-state index in [4.69, 9.17) is 0 Å². The highest BCUT2D eigenvalue weighted by molar-refractivity contribution is 5.92. The van der Waals surface area contributed by atoms with E-state index in [1.54, 1.807) is 24.0 Å². The Morgan fingerprint density at radius 3 is 2.86 bits per heavy atom. The Kier molecular flexibility index (Phi) is 3.49. The van der Waals surface area contributed by atoms with E-state index in [1.807, 2.05) is 0 Å². The van der Waals surface area contributed by atoms with Crippen LogP contribution in [0.15, 0.2) is 12.3 Å². The van der Waals surface area contributed by atoms with Crippen molar-refractivity contribution >= 4 is 24.1 Å². The molecule has 1 aliphatic heterocycles. The molecule has 2 rings (SSSR count). The van der Waals surface area contributed by atoms with Crippen molar-refractivity contribution in [2.24, 2.45) is 13.0 Å². The smallest absolute Gasteiger partial charge is 0.231 e. The fourth-order valence-corrected chi connectivity index (χ4v) is 1.20. The summed E-state index contributed by atoms with van der Waals surface area (Å²) in [5.74, 6) is 0.939. The van der Waals surface area contributed by atoms with Gasteiger partial charge in [0.25, 0.3) is 0 Å². The van der Waals surface area contributed by atoms with Crippen molar-refractivity contribution in [3.63, 3.8) is 0 Å². The second-order valence-electron chi connectivity index (χ2n) is 3.18. The lowest BCUT2D eigenvalue weighted by atomic mass is 10.0. The molecular weight excluding hydrogens is 204 g/mol. The molecule has 0 saturated carbocycles. The molecule has 14 heavy (non-hydrogen) atoms. The van der Waals surface area contributed by atoms with E-state index < -0.39 is 0 Å². The number of amides is 1. The van der Waals surface area contributed by atoms with E-state index >= 15 is 0 Å². The third-order valence-electron chi connectivity index (χ3n) is 2.22. The number of carbonyl (C=O) groups is 1. The molecule has 1 aliphatic rings. The fraction of sp³-hybridized carbons (Fsp3) is 0.500. The Morgan fingerprint density at radius 1 is 1.71 bits per heavy atom. The Balaban J connectivity index is 0.000000980. The molecule has 0 spiro atoms. The summed E-state index contributed by atoms with van der Waals surface area (Å²) in [4.78, 5) is 11.5. The Labute approximate surface area is 88.3 Å². The average Bonchev–Trinajstić information content (AvgIpc) is 2.32. The van der Waals surface area contributed by atoms with Crippen molar-refractivity contribution in [3.05, 3.63) is 12.3 Å². The minimum absolute atomic E-state index is 0. The second-order valence-corrected chi connectivity index (χ2v) is 3.18. The highest BCUT2D eigenvalue weighted by Crippen LogP contribution is 2.09. The minimum Gasteiger partial charge on any atom is -0.315 e. The summed E-state index contributed by atoms with van der Waals surface area (Å²) in [6, 6.07) is 1.78. The molecule has 78 valence electrons. The van der Waals surface area contributed by atoms with Gasteiger partial charge in [-0.25, -0.2) is 0 Å². The molecule has 1 amide bonds. The molecule has 2 N–H and O–H groups in total. The lowest BCUT2D eigenvalue weighted by Gasteiger charge is -2.25. The molecule has 0 bridgehead atoms. The summed E-state index contributed by atoms with van der Waals surface area (Å²) < 4.78 is 1.64. The van der Waals surface area contributed by atoms with Crippen LogP contribution in [0.2, 0.25) is 0 Å². The predicted octanol–water partition coefficient (Wildman–Crippen LogP) is -0.000200. The third-order valence-corrected chi connectivity index (χ3v) is 2.22. The molecule has 2 heterocycles. The number of carbonyl (C=O) groups excluding carboxylic acids is 1. The topological polar surface area (TPSA) is 59.0 Å². The quantitative estimate of drug-likeness (QED) is 0.732. The first-order valence-corrected chi connectivity index (χ1v) is 4.27. The van der Waals surface area contributed by atoms with Gasteiger partial charge in [-0.3, -0.25) is 9.48 Å². The molecule has 1 aromatic heterocycles. The molecule has 0 unspecified atom stereocenters. The zero-order valence-corrected chi connectivity index (χ0v) is 8.67. The van der Waals surface area contributed by atoms with Crippen LogP contribution in [0.25, 0.3) is 0 Å². The fourth-order valence-electron chi connectivity index (χ4n) is 1.20. The highest BCUT2D eigenvalue weighted by Gasteiger charge is 2.25. The van der Waals surface area contributed by atoms with Crippen LogP contribution in [0, 0.1) is 5.92 Å². The standard InChI is InChI=1S/C8H12N4O.ClH/c1-12-7(2-3-10-12)11-8(13)6-4-9-5-6;/h2-3,6,9H,4-5H2,1H3,(H,11,13);1H. The van der Waals surface area contributed by atoms with Crippen LogP contribution >= 0.6 is 12.4 Å². The molecule has 0 radical (unpaired) electrons. The lowest BCUT2D eigenvalue weighted by molar-refractivity contribution is -0.121. The number of hydrogen-bond acceptors (Lipinski definition) is 3. The number of hydrogen-bond donors (Lipinski definition) is 2. The van der Waals surface area contributed by atoms with Crippen LogP contribution in [0.4, 0.5) is 5.82 Å². The van der Waals surface area contributed by atoms with Crippen molar-refractivity contribution in [2.75, 3.05) is 18.4 Å². The van der Waals surface area contributed by atoms with Crippen molar-refractivity contribution in [3.8, 4) is 0 Å². The number of halogens is 1. The van der Waals surface area contributed by atoms with Gasteiger partial charge in [0.15, 0.2) is 0 Å².